The Labute approximate surface area is 122 Å². The van der Waals surface area contributed by atoms with Crippen molar-refractivity contribution in [3.05, 3.63) is 29.3 Å². The van der Waals surface area contributed by atoms with Crippen LogP contribution in [0.5, 0.6) is 0 Å². The molecular formula is C14H17ClN2O3. The molecule has 1 aliphatic rings. The highest BCUT2D eigenvalue weighted by atomic mass is 35.5. The van der Waals surface area contributed by atoms with E-state index in [9.17, 15) is 9.59 Å². The molecule has 5 nitrogen and oxygen atoms in total. The van der Waals surface area contributed by atoms with E-state index in [0.29, 0.717) is 30.2 Å². The number of carbonyl (C=O) groups is 2. The second kappa shape index (κ2) is 6.24. The van der Waals surface area contributed by atoms with Gasteiger partial charge in [0.1, 0.15) is 0 Å². The molecule has 0 spiro atoms. The van der Waals surface area contributed by atoms with Crippen LogP contribution in [0.2, 0.25) is 5.02 Å². The number of benzene rings is 1. The molecule has 2 unspecified atom stereocenters. The molecule has 1 heterocycles. The summed E-state index contributed by atoms with van der Waals surface area (Å²) in [5.74, 6) is -1.33. The van der Waals surface area contributed by atoms with Crippen molar-refractivity contribution in [3.63, 3.8) is 0 Å². The van der Waals surface area contributed by atoms with Gasteiger partial charge in [0, 0.05) is 17.3 Å². The summed E-state index contributed by atoms with van der Waals surface area (Å²) in [7, 11) is 0. The van der Waals surface area contributed by atoms with E-state index >= 15 is 0 Å². The van der Waals surface area contributed by atoms with Crippen molar-refractivity contribution in [2.45, 2.75) is 19.4 Å². The van der Waals surface area contributed by atoms with Crippen molar-refractivity contribution in [1.82, 2.24) is 4.90 Å². The summed E-state index contributed by atoms with van der Waals surface area (Å²) in [4.78, 5) is 25.0. The molecule has 0 bridgehead atoms. The largest absolute Gasteiger partial charge is 0.481 e. The highest BCUT2D eigenvalue weighted by Crippen LogP contribution is 2.20. The monoisotopic (exact) mass is 296 g/mol. The van der Waals surface area contributed by atoms with Crippen LogP contribution in [-0.4, -0.2) is 41.0 Å². The highest BCUT2D eigenvalue weighted by Gasteiger charge is 2.33. The van der Waals surface area contributed by atoms with Crippen LogP contribution in [-0.2, 0) is 9.59 Å². The van der Waals surface area contributed by atoms with Crippen molar-refractivity contribution in [2.75, 3.05) is 18.4 Å². The molecule has 0 aromatic heterocycles. The first-order valence-electron chi connectivity index (χ1n) is 6.50. The van der Waals surface area contributed by atoms with Crippen LogP contribution >= 0.6 is 11.6 Å². The number of nitrogens with zero attached hydrogens (tertiary/aromatic N) is 1. The van der Waals surface area contributed by atoms with Gasteiger partial charge in [0.05, 0.1) is 12.0 Å². The first-order chi connectivity index (χ1) is 9.47. The first kappa shape index (κ1) is 14.8. The number of carboxylic acid groups (broad SMARTS) is 1. The summed E-state index contributed by atoms with van der Waals surface area (Å²) in [5.41, 5.74) is 0.642. The zero-order valence-electron chi connectivity index (χ0n) is 11.2. The number of nitrogens with one attached hydrogen (secondary N) is 1. The van der Waals surface area contributed by atoms with Crippen LogP contribution in [0.4, 0.5) is 5.69 Å². The zero-order valence-corrected chi connectivity index (χ0v) is 11.9. The molecule has 1 fully saturated rings. The van der Waals surface area contributed by atoms with E-state index in [4.69, 9.17) is 16.7 Å². The molecule has 2 N–H and O–H groups in total. The Morgan fingerprint density at radius 3 is 2.85 bits per heavy atom. The number of anilines is 1. The minimum Gasteiger partial charge on any atom is -0.481 e. The average molecular weight is 297 g/mol. The van der Waals surface area contributed by atoms with Crippen LogP contribution in [0, 0.1) is 5.92 Å². The van der Waals surface area contributed by atoms with Gasteiger partial charge in [-0.05, 0) is 38.1 Å². The molecule has 0 radical (unpaired) electrons. The van der Waals surface area contributed by atoms with Crippen LogP contribution in [0.15, 0.2) is 24.3 Å². The number of rotatable bonds is 4. The number of amides is 1. The van der Waals surface area contributed by atoms with Crippen LogP contribution in [0.25, 0.3) is 0 Å². The van der Waals surface area contributed by atoms with Gasteiger partial charge in [-0.3, -0.25) is 14.5 Å². The summed E-state index contributed by atoms with van der Waals surface area (Å²) in [6.07, 6.45) is 0.587. The Balaban J connectivity index is 1.94. The van der Waals surface area contributed by atoms with E-state index in [0.717, 1.165) is 0 Å². The maximum Gasteiger partial charge on any atom is 0.307 e. The van der Waals surface area contributed by atoms with Gasteiger partial charge in [0.25, 0.3) is 0 Å². The van der Waals surface area contributed by atoms with E-state index in [-0.39, 0.29) is 17.9 Å². The minimum absolute atomic E-state index is 0.154. The van der Waals surface area contributed by atoms with Crippen molar-refractivity contribution < 1.29 is 14.7 Å². The topological polar surface area (TPSA) is 69.6 Å². The number of hydrogen-bond donors (Lipinski definition) is 2. The minimum atomic E-state index is -0.796. The molecule has 108 valence electrons. The Morgan fingerprint density at radius 1 is 1.50 bits per heavy atom. The van der Waals surface area contributed by atoms with Crippen LogP contribution in [0.1, 0.15) is 13.3 Å². The Morgan fingerprint density at radius 2 is 2.25 bits per heavy atom. The van der Waals surface area contributed by atoms with Gasteiger partial charge in [-0.1, -0.05) is 17.7 Å². The summed E-state index contributed by atoms with van der Waals surface area (Å²) in [5, 5.41) is 12.3. The second-order valence-electron chi connectivity index (χ2n) is 4.99. The quantitative estimate of drug-likeness (QED) is 0.892. The van der Waals surface area contributed by atoms with E-state index < -0.39 is 5.97 Å². The van der Waals surface area contributed by atoms with E-state index in [1.807, 2.05) is 4.90 Å². The summed E-state index contributed by atoms with van der Waals surface area (Å²) in [6, 6.07) is 6.58. The first-order valence-corrected chi connectivity index (χ1v) is 6.88. The molecule has 0 saturated carbocycles. The Bertz CT molecular complexity index is 521. The van der Waals surface area contributed by atoms with Gasteiger partial charge in [-0.15, -0.1) is 0 Å². The lowest BCUT2D eigenvalue weighted by molar-refractivity contribution is -0.141. The molecule has 20 heavy (non-hydrogen) atoms. The maximum absolute atomic E-state index is 12.1. The summed E-state index contributed by atoms with van der Waals surface area (Å²) in [6.45, 7) is 2.82. The fourth-order valence-corrected chi connectivity index (χ4v) is 2.51. The summed E-state index contributed by atoms with van der Waals surface area (Å²) < 4.78 is 0. The number of carbonyl (C=O) groups excluding carboxylic acids is 1. The molecular weight excluding hydrogens is 280 g/mol. The molecule has 1 saturated heterocycles. The predicted molar refractivity (Wildman–Crippen MR) is 76.9 cm³/mol. The molecule has 1 aromatic carbocycles. The number of hydrogen-bond acceptors (Lipinski definition) is 3. The molecule has 2 atom stereocenters. The maximum atomic E-state index is 12.1. The van der Waals surface area contributed by atoms with Crippen molar-refractivity contribution in [3.8, 4) is 0 Å². The van der Waals surface area contributed by atoms with Gasteiger partial charge in [-0.25, -0.2) is 0 Å². The van der Waals surface area contributed by atoms with Crippen molar-refractivity contribution >= 4 is 29.2 Å². The van der Waals surface area contributed by atoms with E-state index in [2.05, 4.69) is 5.32 Å². The SMILES string of the molecule is CC(C(=O)Nc1cccc(Cl)c1)N1CCC(C(=O)O)C1. The molecule has 2 rings (SSSR count). The van der Waals surface area contributed by atoms with Gasteiger partial charge in [0.15, 0.2) is 0 Å². The molecule has 0 aliphatic carbocycles. The van der Waals surface area contributed by atoms with Gasteiger partial charge in [-0.2, -0.15) is 0 Å². The lowest BCUT2D eigenvalue weighted by Gasteiger charge is -2.23. The van der Waals surface area contributed by atoms with Crippen molar-refractivity contribution in [1.29, 1.82) is 0 Å². The predicted octanol–water partition coefficient (Wildman–Crippen LogP) is 2.07. The number of likely N-dealkylation sites (tertiary alicyclic amines) is 1. The number of aliphatic carboxylic acids is 1. The molecule has 1 amide bonds. The Kier molecular flexibility index (Phi) is 4.62. The third-order valence-corrected chi connectivity index (χ3v) is 3.82. The molecule has 1 aliphatic heterocycles. The zero-order chi connectivity index (χ0) is 14.7. The van der Waals surface area contributed by atoms with E-state index in [1.165, 1.54) is 0 Å². The fraction of sp³-hybridized carbons (Fsp3) is 0.429. The van der Waals surface area contributed by atoms with E-state index in [1.54, 1.807) is 31.2 Å². The highest BCUT2D eigenvalue weighted by molar-refractivity contribution is 6.30. The van der Waals surface area contributed by atoms with Gasteiger partial charge < -0.3 is 10.4 Å². The summed E-state index contributed by atoms with van der Waals surface area (Å²) >= 11 is 5.86. The van der Waals surface area contributed by atoms with Gasteiger partial charge >= 0.3 is 5.97 Å². The van der Waals surface area contributed by atoms with Crippen molar-refractivity contribution in [2.24, 2.45) is 5.92 Å². The Hall–Kier alpha value is -1.59. The third kappa shape index (κ3) is 3.49. The van der Waals surface area contributed by atoms with Crippen LogP contribution in [0.3, 0.4) is 0 Å². The standard InChI is InChI=1S/C14H17ClN2O3/c1-9(17-6-5-10(8-17)14(19)20)13(18)16-12-4-2-3-11(15)7-12/h2-4,7,9-10H,5-6,8H2,1H3,(H,16,18)(H,19,20). The lowest BCUT2D eigenvalue weighted by Crippen LogP contribution is -2.41. The fourth-order valence-electron chi connectivity index (χ4n) is 2.32. The smallest absolute Gasteiger partial charge is 0.307 e. The normalized spacial score (nSPS) is 20.6. The third-order valence-electron chi connectivity index (χ3n) is 3.59. The number of halogens is 1. The van der Waals surface area contributed by atoms with Crippen LogP contribution < -0.4 is 5.32 Å². The number of carboxylic acids is 1. The molecule has 6 heteroatoms. The lowest BCUT2D eigenvalue weighted by atomic mass is 10.1. The molecule has 1 aromatic rings. The second-order valence-corrected chi connectivity index (χ2v) is 5.43. The average Bonchev–Trinajstić information content (AvgIpc) is 2.87. The van der Waals surface area contributed by atoms with Gasteiger partial charge in [0.2, 0.25) is 5.91 Å².